The van der Waals surface area contributed by atoms with Crippen molar-refractivity contribution in [3.63, 3.8) is 0 Å². The predicted octanol–water partition coefficient (Wildman–Crippen LogP) is 1.91. The van der Waals surface area contributed by atoms with Crippen LogP contribution in [-0.2, 0) is 0 Å². The Kier molecular flexibility index (Phi) is 3.01. The van der Waals surface area contributed by atoms with Gasteiger partial charge in [-0.1, -0.05) is 18.2 Å². The highest BCUT2D eigenvalue weighted by Gasteiger charge is 1.79. The van der Waals surface area contributed by atoms with Gasteiger partial charge in [-0.3, -0.25) is 0 Å². The molecule has 0 aliphatic carbocycles. The van der Waals surface area contributed by atoms with Crippen molar-refractivity contribution in [2.75, 3.05) is 0 Å². The zero-order chi connectivity index (χ0) is 4.99. The van der Waals surface area contributed by atoms with E-state index in [2.05, 4.69) is 6.58 Å². The Morgan fingerprint density at radius 2 is 2.50 bits per heavy atom. The minimum atomic E-state index is 0.317. The lowest BCUT2D eigenvalue weighted by molar-refractivity contribution is 1.57. The summed E-state index contributed by atoms with van der Waals surface area (Å²) in [6.45, 7) is 3.25. The van der Waals surface area contributed by atoms with E-state index in [1.807, 2.05) is 0 Å². The van der Waals surface area contributed by atoms with Crippen molar-refractivity contribution in [3.05, 3.63) is 10.9 Å². The first-order chi connectivity index (χ1) is 2.77. The summed E-state index contributed by atoms with van der Waals surface area (Å²) in [4.78, 5) is 0. The Balaban J connectivity index is 3.13. The Morgan fingerprint density at radius 1 is 2.00 bits per heavy atom. The summed E-state index contributed by atoms with van der Waals surface area (Å²) in [6.07, 6.45) is 0. The van der Waals surface area contributed by atoms with Crippen LogP contribution in [0.5, 0.6) is 0 Å². The second kappa shape index (κ2) is 3.08. The van der Waals surface area contributed by atoms with Crippen LogP contribution in [0.15, 0.2) is 10.9 Å². The monoisotopic (exact) mass is 119 g/mol. The number of hydrogen-bond acceptors (Lipinski definition) is 2. The SMILES string of the molecule is C=C(Cl)SC#N. The summed E-state index contributed by atoms with van der Waals surface area (Å²) in [5.41, 5.74) is 0. The van der Waals surface area contributed by atoms with Crippen LogP contribution >= 0.6 is 23.4 Å². The molecule has 0 aromatic heterocycles. The summed E-state index contributed by atoms with van der Waals surface area (Å²) in [5.74, 6) is 0. The predicted molar refractivity (Wildman–Crippen MR) is 28.2 cm³/mol. The van der Waals surface area contributed by atoms with Gasteiger partial charge in [-0.2, -0.15) is 5.26 Å². The van der Waals surface area contributed by atoms with Gasteiger partial charge in [-0.15, -0.1) is 0 Å². The molecule has 0 radical (unpaired) electrons. The number of hydrogen-bond donors (Lipinski definition) is 0. The summed E-state index contributed by atoms with van der Waals surface area (Å²) < 4.78 is 0.317. The van der Waals surface area contributed by atoms with Gasteiger partial charge >= 0.3 is 0 Å². The average molecular weight is 120 g/mol. The van der Waals surface area contributed by atoms with Gasteiger partial charge in [0, 0.05) is 11.8 Å². The molecule has 0 aromatic carbocycles. The molecule has 0 atom stereocenters. The molecule has 0 heterocycles. The van der Waals surface area contributed by atoms with Crippen molar-refractivity contribution < 1.29 is 0 Å². The molecule has 32 valence electrons. The molecule has 0 aliphatic rings. The maximum Gasteiger partial charge on any atom is 0.139 e. The average Bonchev–Trinajstić information content (AvgIpc) is 1.35. The normalized spacial score (nSPS) is 6.67. The minimum Gasteiger partial charge on any atom is -0.185 e. The fourth-order valence-electron chi connectivity index (χ4n) is 0.0495. The highest BCUT2D eigenvalue weighted by atomic mass is 35.5. The maximum absolute atomic E-state index is 7.80. The van der Waals surface area contributed by atoms with Gasteiger partial charge in [0.1, 0.15) is 5.40 Å². The molecule has 1 nitrogen and oxygen atoms in total. The molecule has 0 rings (SSSR count). The van der Waals surface area contributed by atoms with E-state index in [4.69, 9.17) is 16.9 Å². The standard InChI is InChI=1S/C3H2ClNS/c1-3(4)6-2-5/h1H2. The first-order valence-electron chi connectivity index (χ1n) is 1.17. The third-order valence-corrected chi connectivity index (χ3v) is 0.701. The molecule has 0 fully saturated rings. The van der Waals surface area contributed by atoms with Crippen LogP contribution in [0.2, 0.25) is 0 Å². The third-order valence-electron chi connectivity index (χ3n) is 0.156. The number of halogens is 1. The van der Waals surface area contributed by atoms with E-state index in [9.17, 15) is 0 Å². The highest BCUT2D eigenvalue weighted by molar-refractivity contribution is 8.08. The Hall–Kier alpha value is -0.130. The van der Waals surface area contributed by atoms with Crippen molar-refractivity contribution in [1.82, 2.24) is 0 Å². The molecular formula is C3H2ClNS. The van der Waals surface area contributed by atoms with E-state index in [-0.39, 0.29) is 0 Å². The zero-order valence-electron chi connectivity index (χ0n) is 2.94. The van der Waals surface area contributed by atoms with Crippen LogP contribution in [0.3, 0.4) is 0 Å². The second-order valence-corrected chi connectivity index (χ2v) is 2.11. The second-order valence-electron chi connectivity index (χ2n) is 0.548. The van der Waals surface area contributed by atoms with Gasteiger partial charge in [0.2, 0.25) is 0 Å². The third kappa shape index (κ3) is 3.87. The van der Waals surface area contributed by atoms with Gasteiger partial charge in [0.25, 0.3) is 0 Å². The van der Waals surface area contributed by atoms with Gasteiger partial charge in [-0.25, -0.2) is 0 Å². The molecule has 6 heavy (non-hydrogen) atoms. The van der Waals surface area contributed by atoms with E-state index in [0.717, 1.165) is 11.8 Å². The van der Waals surface area contributed by atoms with Crippen LogP contribution in [0.1, 0.15) is 0 Å². The molecule has 0 saturated heterocycles. The molecule has 0 unspecified atom stereocenters. The van der Waals surface area contributed by atoms with E-state index in [0.29, 0.717) is 4.36 Å². The summed E-state index contributed by atoms with van der Waals surface area (Å²) in [5, 5.41) is 9.56. The molecule has 0 amide bonds. The van der Waals surface area contributed by atoms with Gasteiger partial charge < -0.3 is 0 Å². The van der Waals surface area contributed by atoms with Crippen LogP contribution in [-0.4, -0.2) is 0 Å². The van der Waals surface area contributed by atoms with E-state index in [1.54, 1.807) is 5.40 Å². The Labute approximate surface area is 45.6 Å². The topological polar surface area (TPSA) is 23.8 Å². The first-order valence-corrected chi connectivity index (χ1v) is 2.37. The fourth-order valence-corrected chi connectivity index (χ4v) is 0.252. The minimum absolute atomic E-state index is 0.317. The van der Waals surface area contributed by atoms with Crippen LogP contribution in [0.25, 0.3) is 0 Å². The molecule has 0 N–H and O–H groups in total. The van der Waals surface area contributed by atoms with Crippen molar-refractivity contribution in [2.45, 2.75) is 0 Å². The molecule has 0 saturated carbocycles. The van der Waals surface area contributed by atoms with Crippen LogP contribution < -0.4 is 0 Å². The Bertz CT molecular complexity index is 93.5. The first kappa shape index (κ1) is 5.87. The van der Waals surface area contributed by atoms with Crippen molar-refractivity contribution in [1.29, 1.82) is 5.26 Å². The smallest absolute Gasteiger partial charge is 0.139 e. The molecule has 0 aromatic rings. The number of nitrogens with zero attached hydrogens (tertiary/aromatic N) is 1. The quantitative estimate of drug-likeness (QED) is 0.493. The summed E-state index contributed by atoms with van der Waals surface area (Å²) in [7, 11) is 0. The highest BCUT2D eigenvalue weighted by Crippen LogP contribution is 2.13. The van der Waals surface area contributed by atoms with Crippen LogP contribution in [0, 0.1) is 10.7 Å². The molecule has 3 heteroatoms. The lowest BCUT2D eigenvalue weighted by atomic mass is 11.3. The van der Waals surface area contributed by atoms with E-state index < -0.39 is 0 Å². The molecule has 0 bridgehead atoms. The summed E-state index contributed by atoms with van der Waals surface area (Å²) in [6, 6.07) is 0. The number of nitriles is 1. The van der Waals surface area contributed by atoms with Crippen molar-refractivity contribution in [3.8, 4) is 5.40 Å². The molecule has 0 aliphatic heterocycles. The van der Waals surface area contributed by atoms with Crippen molar-refractivity contribution >= 4 is 23.4 Å². The number of thiocyanates is 1. The van der Waals surface area contributed by atoms with Gasteiger partial charge in [0.15, 0.2) is 0 Å². The largest absolute Gasteiger partial charge is 0.185 e. The number of thioether (sulfide) groups is 1. The lowest BCUT2D eigenvalue weighted by Crippen LogP contribution is -1.43. The van der Waals surface area contributed by atoms with Gasteiger partial charge in [0.05, 0.1) is 4.36 Å². The molecular weight excluding hydrogens is 118 g/mol. The zero-order valence-corrected chi connectivity index (χ0v) is 4.51. The maximum atomic E-state index is 7.80. The fraction of sp³-hybridized carbons (Fsp3) is 0. The summed E-state index contributed by atoms with van der Waals surface area (Å²) >= 11 is 5.99. The number of rotatable bonds is 1. The van der Waals surface area contributed by atoms with Crippen molar-refractivity contribution in [2.24, 2.45) is 0 Å². The van der Waals surface area contributed by atoms with E-state index in [1.165, 1.54) is 0 Å². The van der Waals surface area contributed by atoms with Gasteiger partial charge in [-0.05, 0) is 0 Å². The molecule has 0 spiro atoms. The Morgan fingerprint density at radius 3 is 2.50 bits per heavy atom. The lowest BCUT2D eigenvalue weighted by Gasteiger charge is -1.72. The van der Waals surface area contributed by atoms with Crippen LogP contribution in [0.4, 0.5) is 0 Å². The van der Waals surface area contributed by atoms with E-state index >= 15 is 0 Å².